The van der Waals surface area contributed by atoms with Crippen LogP contribution >= 0.6 is 0 Å². The van der Waals surface area contributed by atoms with Crippen molar-refractivity contribution in [3.05, 3.63) is 29.8 Å². The first-order chi connectivity index (χ1) is 6.22. The van der Waals surface area contributed by atoms with Gasteiger partial charge in [-0.1, -0.05) is 26.0 Å². The highest BCUT2D eigenvalue weighted by atomic mass is 16.5. The number of benzene rings is 1. The Labute approximate surface area is 79.7 Å². The predicted octanol–water partition coefficient (Wildman–Crippen LogP) is 2.18. The predicted molar refractivity (Wildman–Crippen MR) is 54.7 cm³/mol. The molecule has 0 aliphatic heterocycles. The van der Waals surface area contributed by atoms with Crippen molar-refractivity contribution in [1.29, 1.82) is 0 Å². The Kier molecular flexibility index (Phi) is 3.77. The standard InChI is InChI=1S/C11H17NO/c1-9(2)7-10-3-5-11(6-4-10)13-8-12/h3-6,9H,7-8,12H2,1-2H3. The van der Waals surface area contributed by atoms with Crippen LogP contribution in [0.1, 0.15) is 19.4 Å². The topological polar surface area (TPSA) is 35.2 Å². The van der Waals surface area contributed by atoms with Crippen LogP contribution in [0.2, 0.25) is 0 Å². The van der Waals surface area contributed by atoms with Gasteiger partial charge >= 0.3 is 0 Å². The molecule has 0 aliphatic carbocycles. The van der Waals surface area contributed by atoms with Crippen LogP contribution in [0, 0.1) is 5.92 Å². The molecule has 2 heteroatoms. The van der Waals surface area contributed by atoms with E-state index in [1.54, 1.807) is 0 Å². The molecule has 0 atom stereocenters. The van der Waals surface area contributed by atoms with Gasteiger partial charge in [-0.2, -0.15) is 0 Å². The lowest BCUT2D eigenvalue weighted by Gasteiger charge is -2.06. The Hall–Kier alpha value is -1.02. The molecule has 72 valence electrons. The fourth-order valence-electron chi connectivity index (χ4n) is 1.29. The summed E-state index contributed by atoms with van der Waals surface area (Å²) in [5.41, 5.74) is 6.60. The zero-order chi connectivity index (χ0) is 9.68. The van der Waals surface area contributed by atoms with Crippen molar-refractivity contribution in [3.63, 3.8) is 0 Å². The van der Waals surface area contributed by atoms with Gasteiger partial charge in [0.1, 0.15) is 12.5 Å². The van der Waals surface area contributed by atoms with Crippen molar-refractivity contribution >= 4 is 0 Å². The number of nitrogens with two attached hydrogens (primary N) is 1. The van der Waals surface area contributed by atoms with E-state index in [0.29, 0.717) is 5.92 Å². The average Bonchev–Trinajstić information content (AvgIpc) is 2.08. The van der Waals surface area contributed by atoms with E-state index >= 15 is 0 Å². The molecule has 1 rings (SSSR count). The molecule has 0 saturated heterocycles. The zero-order valence-electron chi connectivity index (χ0n) is 8.29. The minimum absolute atomic E-state index is 0.240. The van der Waals surface area contributed by atoms with Gasteiger partial charge in [-0.25, -0.2) is 0 Å². The molecule has 2 nitrogen and oxygen atoms in total. The number of hydrogen-bond acceptors (Lipinski definition) is 2. The first-order valence-corrected chi connectivity index (χ1v) is 4.64. The first kappa shape index (κ1) is 10.1. The molecule has 0 bridgehead atoms. The molecule has 0 radical (unpaired) electrons. The Morgan fingerprint density at radius 2 is 1.85 bits per heavy atom. The van der Waals surface area contributed by atoms with Crippen molar-refractivity contribution in [3.8, 4) is 5.75 Å². The van der Waals surface area contributed by atoms with Gasteiger partial charge in [0.25, 0.3) is 0 Å². The highest BCUT2D eigenvalue weighted by molar-refractivity contribution is 5.27. The molecule has 0 amide bonds. The molecule has 2 N–H and O–H groups in total. The van der Waals surface area contributed by atoms with Gasteiger partial charge in [-0.15, -0.1) is 0 Å². The second kappa shape index (κ2) is 4.87. The lowest BCUT2D eigenvalue weighted by atomic mass is 10.0. The number of ether oxygens (including phenoxy) is 1. The maximum absolute atomic E-state index is 5.26. The molecule has 0 aromatic heterocycles. The lowest BCUT2D eigenvalue weighted by Crippen LogP contribution is -2.07. The van der Waals surface area contributed by atoms with Crippen molar-refractivity contribution < 1.29 is 4.74 Å². The van der Waals surface area contributed by atoms with Crippen LogP contribution < -0.4 is 10.5 Å². The van der Waals surface area contributed by atoms with E-state index in [4.69, 9.17) is 10.5 Å². The molecule has 0 heterocycles. The van der Waals surface area contributed by atoms with E-state index < -0.39 is 0 Å². The van der Waals surface area contributed by atoms with Crippen molar-refractivity contribution in [2.75, 3.05) is 6.73 Å². The Bertz CT molecular complexity index is 241. The highest BCUT2D eigenvalue weighted by Crippen LogP contribution is 2.14. The van der Waals surface area contributed by atoms with Crippen LogP contribution in [0.25, 0.3) is 0 Å². The van der Waals surface area contributed by atoms with Gasteiger partial charge in [0.05, 0.1) is 0 Å². The fourth-order valence-corrected chi connectivity index (χ4v) is 1.29. The summed E-state index contributed by atoms with van der Waals surface area (Å²) in [6.45, 7) is 4.66. The first-order valence-electron chi connectivity index (χ1n) is 4.64. The molecule has 0 spiro atoms. The third kappa shape index (κ3) is 3.47. The summed E-state index contributed by atoms with van der Waals surface area (Å²) in [5, 5.41) is 0. The van der Waals surface area contributed by atoms with Crippen LogP contribution in [0.3, 0.4) is 0 Å². The summed E-state index contributed by atoms with van der Waals surface area (Å²) in [4.78, 5) is 0. The van der Waals surface area contributed by atoms with Gasteiger partial charge in [-0.3, -0.25) is 5.73 Å². The maximum atomic E-state index is 5.26. The zero-order valence-corrected chi connectivity index (χ0v) is 8.29. The van der Waals surface area contributed by atoms with Crippen molar-refractivity contribution in [2.45, 2.75) is 20.3 Å². The summed E-state index contributed by atoms with van der Waals surface area (Å²) in [5.74, 6) is 1.54. The third-order valence-electron chi connectivity index (χ3n) is 1.82. The summed E-state index contributed by atoms with van der Waals surface area (Å²) >= 11 is 0. The molecule has 0 saturated carbocycles. The smallest absolute Gasteiger partial charge is 0.137 e. The normalized spacial score (nSPS) is 10.5. The Balaban J connectivity index is 2.59. The van der Waals surface area contributed by atoms with E-state index in [2.05, 4.69) is 26.0 Å². The minimum atomic E-state index is 0.240. The summed E-state index contributed by atoms with van der Waals surface area (Å²) in [6, 6.07) is 8.10. The minimum Gasteiger partial charge on any atom is -0.479 e. The van der Waals surface area contributed by atoms with E-state index in [-0.39, 0.29) is 6.73 Å². The lowest BCUT2D eigenvalue weighted by molar-refractivity contribution is 0.329. The van der Waals surface area contributed by atoms with Crippen LogP contribution in [-0.4, -0.2) is 6.73 Å². The monoisotopic (exact) mass is 179 g/mol. The molecule has 1 aromatic carbocycles. The van der Waals surface area contributed by atoms with E-state index in [9.17, 15) is 0 Å². The van der Waals surface area contributed by atoms with Crippen LogP contribution in [0.15, 0.2) is 24.3 Å². The summed E-state index contributed by atoms with van der Waals surface area (Å²) in [6.07, 6.45) is 1.11. The summed E-state index contributed by atoms with van der Waals surface area (Å²) < 4.78 is 5.14. The third-order valence-corrected chi connectivity index (χ3v) is 1.82. The molecule has 0 fully saturated rings. The molecule has 0 aliphatic rings. The van der Waals surface area contributed by atoms with Crippen LogP contribution in [0.5, 0.6) is 5.75 Å². The SMILES string of the molecule is CC(C)Cc1ccc(OCN)cc1. The van der Waals surface area contributed by atoms with E-state index in [1.165, 1.54) is 5.56 Å². The molecular weight excluding hydrogens is 162 g/mol. The van der Waals surface area contributed by atoms with Crippen LogP contribution in [0.4, 0.5) is 0 Å². The van der Waals surface area contributed by atoms with Gasteiger partial charge in [0.15, 0.2) is 0 Å². The van der Waals surface area contributed by atoms with Crippen molar-refractivity contribution in [1.82, 2.24) is 0 Å². The average molecular weight is 179 g/mol. The quantitative estimate of drug-likeness (QED) is 0.719. The van der Waals surface area contributed by atoms with Gasteiger partial charge in [-0.05, 0) is 30.0 Å². The van der Waals surface area contributed by atoms with E-state index in [0.717, 1.165) is 12.2 Å². The molecular formula is C11H17NO. The number of rotatable bonds is 4. The van der Waals surface area contributed by atoms with Gasteiger partial charge in [0.2, 0.25) is 0 Å². The Morgan fingerprint density at radius 1 is 1.23 bits per heavy atom. The highest BCUT2D eigenvalue weighted by Gasteiger charge is 1.97. The van der Waals surface area contributed by atoms with Crippen LogP contribution in [-0.2, 0) is 6.42 Å². The molecule has 13 heavy (non-hydrogen) atoms. The summed E-state index contributed by atoms with van der Waals surface area (Å²) in [7, 11) is 0. The second-order valence-electron chi connectivity index (χ2n) is 3.55. The second-order valence-corrected chi connectivity index (χ2v) is 3.55. The molecule has 1 aromatic rings. The number of hydrogen-bond donors (Lipinski definition) is 1. The largest absolute Gasteiger partial charge is 0.479 e. The fraction of sp³-hybridized carbons (Fsp3) is 0.455. The van der Waals surface area contributed by atoms with E-state index in [1.807, 2.05) is 12.1 Å². The maximum Gasteiger partial charge on any atom is 0.137 e. The van der Waals surface area contributed by atoms with Crippen molar-refractivity contribution in [2.24, 2.45) is 11.7 Å². The molecule has 0 unspecified atom stereocenters. The van der Waals surface area contributed by atoms with Gasteiger partial charge in [0, 0.05) is 0 Å². The van der Waals surface area contributed by atoms with Gasteiger partial charge < -0.3 is 4.74 Å². The Morgan fingerprint density at radius 3 is 2.31 bits per heavy atom.